The van der Waals surface area contributed by atoms with Gasteiger partial charge in [0, 0.05) is 25.4 Å². The summed E-state index contributed by atoms with van der Waals surface area (Å²) in [7, 11) is 0. The van der Waals surface area contributed by atoms with E-state index in [2.05, 4.69) is 10.6 Å². The van der Waals surface area contributed by atoms with E-state index < -0.39 is 0 Å². The van der Waals surface area contributed by atoms with Crippen molar-refractivity contribution in [2.75, 3.05) is 13.1 Å². The topological polar surface area (TPSA) is 54.3 Å². The van der Waals surface area contributed by atoms with Gasteiger partial charge in [0.1, 0.15) is 5.76 Å². The summed E-state index contributed by atoms with van der Waals surface area (Å²) in [6.07, 6.45) is 5.05. The van der Waals surface area contributed by atoms with E-state index in [-0.39, 0.29) is 5.91 Å². The highest BCUT2D eigenvalue weighted by Gasteiger charge is 2.15. The number of nitrogens with one attached hydrogen (secondary N) is 2. The van der Waals surface area contributed by atoms with Gasteiger partial charge in [0.2, 0.25) is 5.91 Å². The lowest BCUT2D eigenvalue weighted by Gasteiger charge is -2.23. The van der Waals surface area contributed by atoms with Gasteiger partial charge in [0.15, 0.2) is 0 Å². The molecule has 0 spiro atoms. The molecule has 16 heavy (non-hydrogen) atoms. The van der Waals surface area contributed by atoms with Crippen LogP contribution in [0.4, 0.5) is 0 Å². The Bertz CT molecular complexity index is 316. The second kappa shape index (κ2) is 5.70. The monoisotopic (exact) mass is 222 g/mol. The zero-order valence-electron chi connectivity index (χ0n) is 9.37. The van der Waals surface area contributed by atoms with Gasteiger partial charge in [-0.2, -0.15) is 0 Å². The number of amides is 1. The predicted octanol–water partition coefficient (Wildman–Crippen LogP) is 1.08. The molecular formula is C12H18N2O2. The molecule has 1 fully saturated rings. The number of hydrogen-bond donors (Lipinski definition) is 2. The lowest BCUT2D eigenvalue weighted by atomic mass is 10.1. The summed E-state index contributed by atoms with van der Waals surface area (Å²) >= 11 is 0. The van der Waals surface area contributed by atoms with Crippen LogP contribution < -0.4 is 10.6 Å². The Kier molecular flexibility index (Phi) is 3.99. The van der Waals surface area contributed by atoms with Gasteiger partial charge < -0.3 is 15.1 Å². The minimum atomic E-state index is 0.116. The Labute approximate surface area is 95.4 Å². The summed E-state index contributed by atoms with van der Waals surface area (Å²) in [6.45, 7) is 1.96. The smallest absolute Gasteiger partial charge is 0.220 e. The third kappa shape index (κ3) is 3.38. The molecule has 1 aliphatic heterocycles. The van der Waals surface area contributed by atoms with Crippen LogP contribution in [-0.4, -0.2) is 25.0 Å². The van der Waals surface area contributed by atoms with E-state index in [4.69, 9.17) is 4.42 Å². The molecule has 1 saturated heterocycles. The van der Waals surface area contributed by atoms with Crippen LogP contribution in [0.25, 0.3) is 0 Å². The van der Waals surface area contributed by atoms with Gasteiger partial charge >= 0.3 is 0 Å². The molecule has 2 heterocycles. The fourth-order valence-corrected chi connectivity index (χ4v) is 1.97. The lowest BCUT2D eigenvalue weighted by Crippen LogP contribution is -2.45. The van der Waals surface area contributed by atoms with Crippen LogP contribution in [0, 0.1) is 0 Å². The van der Waals surface area contributed by atoms with E-state index in [1.807, 2.05) is 12.1 Å². The van der Waals surface area contributed by atoms with Gasteiger partial charge in [-0.1, -0.05) is 0 Å². The fraction of sp³-hybridized carbons (Fsp3) is 0.583. The minimum absolute atomic E-state index is 0.116. The van der Waals surface area contributed by atoms with Crippen LogP contribution in [0.5, 0.6) is 0 Å². The van der Waals surface area contributed by atoms with Crippen molar-refractivity contribution in [1.82, 2.24) is 10.6 Å². The second-order valence-corrected chi connectivity index (χ2v) is 4.19. The van der Waals surface area contributed by atoms with Gasteiger partial charge in [-0.25, -0.2) is 0 Å². The number of carbonyl (C=O) groups excluding carboxylic acids is 1. The molecule has 0 bridgehead atoms. The second-order valence-electron chi connectivity index (χ2n) is 4.19. The zero-order valence-corrected chi connectivity index (χ0v) is 9.37. The van der Waals surface area contributed by atoms with Crippen LogP contribution in [0.2, 0.25) is 0 Å². The molecule has 1 aromatic rings. The van der Waals surface area contributed by atoms with Crippen LogP contribution >= 0.6 is 0 Å². The normalized spacial score (nSPS) is 20.6. The summed E-state index contributed by atoms with van der Waals surface area (Å²) in [5, 5.41) is 6.31. The van der Waals surface area contributed by atoms with Gasteiger partial charge in [-0.3, -0.25) is 4.79 Å². The van der Waals surface area contributed by atoms with Crippen molar-refractivity contribution in [2.45, 2.75) is 31.7 Å². The molecule has 1 aliphatic rings. The number of carbonyl (C=O) groups is 1. The van der Waals surface area contributed by atoms with E-state index in [0.29, 0.717) is 18.9 Å². The average Bonchev–Trinajstić information content (AvgIpc) is 2.81. The van der Waals surface area contributed by atoms with Crippen LogP contribution in [0.3, 0.4) is 0 Å². The molecule has 2 rings (SSSR count). The van der Waals surface area contributed by atoms with E-state index in [0.717, 1.165) is 31.7 Å². The summed E-state index contributed by atoms with van der Waals surface area (Å²) < 4.78 is 5.18. The Morgan fingerprint density at radius 3 is 3.25 bits per heavy atom. The molecule has 1 amide bonds. The van der Waals surface area contributed by atoms with Gasteiger partial charge in [0.05, 0.1) is 6.26 Å². The van der Waals surface area contributed by atoms with E-state index in [1.54, 1.807) is 6.26 Å². The molecule has 0 aromatic carbocycles. The van der Waals surface area contributed by atoms with E-state index in [9.17, 15) is 4.79 Å². The van der Waals surface area contributed by atoms with Crippen molar-refractivity contribution in [3.8, 4) is 0 Å². The standard InChI is InChI=1S/C12H18N2O2/c15-12(6-5-11-4-2-8-16-11)14-10-3-1-7-13-9-10/h2,4,8,10,13H,1,3,5-7,9H2,(H,14,15)/t10-/m0/s1. The van der Waals surface area contributed by atoms with Crippen molar-refractivity contribution in [3.63, 3.8) is 0 Å². The largest absolute Gasteiger partial charge is 0.469 e. The first-order chi connectivity index (χ1) is 7.84. The zero-order chi connectivity index (χ0) is 11.2. The van der Waals surface area contributed by atoms with Crippen molar-refractivity contribution in [1.29, 1.82) is 0 Å². The Morgan fingerprint density at radius 1 is 1.62 bits per heavy atom. The molecule has 0 saturated carbocycles. The maximum atomic E-state index is 11.6. The number of rotatable bonds is 4. The van der Waals surface area contributed by atoms with Crippen molar-refractivity contribution < 1.29 is 9.21 Å². The van der Waals surface area contributed by atoms with Crippen LogP contribution in [-0.2, 0) is 11.2 Å². The number of furan rings is 1. The maximum absolute atomic E-state index is 11.6. The Morgan fingerprint density at radius 2 is 2.56 bits per heavy atom. The quantitative estimate of drug-likeness (QED) is 0.801. The first-order valence-corrected chi connectivity index (χ1v) is 5.87. The SMILES string of the molecule is O=C(CCc1ccco1)N[C@H]1CCCNC1. The number of hydrogen-bond acceptors (Lipinski definition) is 3. The third-order valence-electron chi connectivity index (χ3n) is 2.84. The molecule has 1 aromatic heterocycles. The van der Waals surface area contributed by atoms with Crippen molar-refractivity contribution in [3.05, 3.63) is 24.2 Å². The lowest BCUT2D eigenvalue weighted by molar-refractivity contribution is -0.121. The molecular weight excluding hydrogens is 204 g/mol. The van der Waals surface area contributed by atoms with Gasteiger partial charge in [-0.05, 0) is 31.5 Å². The molecule has 2 N–H and O–H groups in total. The maximum Gasteiger partial charge on any atom is 0.220 e. The highest BCUT2D eigenvalue weighted by molar-refractivity contribution is 5.76. The average molecular weight is 222 g/mol. The molecule has 0 unspecified atom stereocenters. The first-order valence-electron chi connectivity index (χ1n) is 5.87. The first kappa shape index (κ1) is 11.2. The summed E-state index contributed by atoms with van der Waals surface area (Å²) in [5.74, 6) is 0.988. The third-order valence-corrected chi connectivity index (χ3v) is 2.84. The van der Waals surface area contributed by atoms with Crippen LogP contribution in [0.1, 0.15) is 25.0 Å². The molecule has 0 aliphatic carbocycles. The number of piperidine rings is 1. The molecule has 4 nitrogen and oxygen atoms in total. The van der Waals surface area contributed by atoms with Gasteiger partial charge in [0.25, 0.3) is 0 Å². The van der Waals surface area contributed by atoms with Crippen LogP contribution in [0.15, 0.2) is 22.8 Å². The van der Waals surface area contributed by atoms with Crippen molar-refractivity contribution in [2.24, 2.45) is 0 Å². The predicted molar refractivity (Wildman–Crippen MR) is 61.1 cm³/mol. The van der Waals surface area contributed by atoms with Crippen molar-refractivity contribution >= 4 is 5.91 Å². The number of aryl methyl sites for hydroxylation is 1. The minimum Gasteiger partial charge on any atom is -0.469 e. The fourth-order valence-electron chi connectivity index (χ4n) is 1.97. The molecule has 4 heteroatoms. The summed E-state index contributed by atoms with van der Waals surface area (Å²) in [6, 6.07) is 4.05. The summed E-state index contributed by atoms with van der Waals surface area (Å²) in [5.41, 5.74) is 0. The molecule has 0 radical (unpaired) electrons. The van der Waals surface area contributed by atoms with Gasteiger partial charge in [-0.15, -0.1) is 0 Å². The van der Waals surface area contributed by atoms with E-state index >= 15 is 0 Å². The molecule has 88 valence electrons. The molecule has 1 atom stereocenters. The highest BCUT2D eigenvalue weighted by atomic mass is 16.3. The summed E-state index contributed by atoms with van der Waals surface area (Å²) in [4.78, 5) is 11.6. The van der Waals surface area contributed by atoms with E-state index in [1.165, 1.54) is 0 Å². The highest BCUT2D eigenvalue weighted by Crippen LogP contribution is 2.05. The Hall–Kier alpha value is -1.29. The Balaban J connectivity index is 1.67.